The van der Waals surface area contributed by atoms with Crippen molar-refractivity contribution in [3.63, 3.8) is 0 Å². The third-order valence-electron chi connectivity index (χ3n) is 4.59. The summed E-state index contributed by atoms with van der Waals surface area (Å²) in [5, 5.41) is 0. The van der Waals surface area contributed by atoms with Crippen LogP contribution < -0.4 is 4.74 Å². The molecule has 0 unspecified atom stereocenters. The summed E-state index contributed by atoms with van der Waals surface area (Å²) in [6.07, 6.45) is 12.5. The Kier molecular flexibility index (Phi) is 13.7. The van der Waals surface area contributed by atoms with E-state index in [1.165, 1.54) is 44.9 Å². The first-order valence-corrected chi connectivity index (χ1v) is 10.8. The fraction of sp³-hybridized carbons (Fsp3) is 0.652. The molecule has 1 aromatic carbocycles. The van der Waals surface area contributed by atoms with E-state index in [-0.39, 0.29) is 31.0 Å². The summed E-state index contributed by atoms with van der Waals surface area (Å²) in [6.45, 7) is 2.63. The molecule has 1 rings (SSSR count). The third-order valence-corrected chi connectivity index (χ3v) is 4.59. The van der Waals surface area contributed by atoms with E-state index in [0.29, 0.717) is 12.7 Å². The standard InChI is InChI=1S/C23H34F2O4/c1-2-3-4-5-6-7-8-9-10-11-15-28-22(26)13-12-14-23(27)29-21-17-19(24)16-20(25)18-21/h16-18H,2-15H2,1H3. The lowest BCUT2D eigenvalue weighted by molar-refractivity contribution is -0.144. The largest absolute Gasteiger partial charge is 0.466 e. The molecule has 0 aliphatic carbocycles. The van der Waals surface area contributed by atoms with Crippen LogP contribution in [0.1, 0.15) is 90.4 Å². The fourth-order valence-electron chi connectivity index (χ4n) is 2.99. The average Bonchev–Trinajstić information content (AvgIpc) is 2.65. The highest BCUT2D eigenvalue weighted by Crippen LogP contribution is 2.16. The van der Waals surface area contributed by atoms with Gasteiger partial charge in [0.2, 0.25) is 0 Å². The molecule has 0 saturated heterocycles. The van der Waals surface area contributed by atoms with Gasteiger partial charge in [-0.05, 0) is 12.8 Å². The molecule has 0 heterocycles. The number of hydrogen-bond acceptors (Lipinski definition) is 4. The Balaban J connectivity index is 1.96. The van der Waals surface area contributed by atoms with Gasteiger partial charge in [-0.2, -0.15) is 0 Å². The number of unbranched alkanes of at least 4 members (excludes halogenated alkanes) is 9. The molecule has 0 saturated carbocycles. The van der Waals surface area contributed by atoms with Gasteiger partial charge < -0.3 is 9.47 Å². The quantitative estimate of drug-likeness (QED) is 0.177. The molecule has 0 aromatic heterocycles. The van der Waals surface area contributed by atoms with Crippen LogP contribution in [-0.2, 0) is 14.3 Å². The smallest absolute Gasteiger partial charge is 0.311 e. The van der Waals surface area contributed by atoms with Crippen molar-refractivity contribution in [2.24, 2.45) is 0 Å². The van der Waals surface area contributed by atoms with E-state index < -0.39 is 17.6 Å². The molecule has 0 atom stereocenters. The second-order valence-corrected chi connectivity index (χ2v) is 7.34. The van der Waals surface area contributed by atoms with Crippen molar-refractivity contribution >= 4 is 11.9 Å². The molecule has 6 heteroatoms. The van der Waals surface area contributed by atoms with Gasteiger partial charge >= 0.3 is 11.9 Å². The molecule has 0 fully saturated rings. The van der Waals surface area contributed by atoms with Gasteiger partial charge in [-0.1, -0.05) is 64.7 Å². The fourth-order valence-corrected chi connectivity index (χ4v) is 2.99. The maximum atomic E-state index is 13.0. The minimum atomic E-state index is -0.816. The normalized spacial score (nSPS) is 10.7. The first-order chi connectivity index (χ1) is 14.0. The van der Waals surface area contributed by atoms with Gasteiger partial charge in [0.25, 0.3) is 0 Å². The lowest BCUT2D eigenvalue weighted by Crippen LogP contribution is -2.10. The first kappa shape index (κ1) is 25.1. The number of esters is 2. The molecule has 29 heavy (non-hydrogen) atoms. The van der Waals surface area contributed by atoms with Crippen molar-refractivity contribution in [1.82, 2.24) is 0 Å². The van der Waals surface area contributed by atoms with Gasteiger partial charge in [0.05, 0.1) is 6.61 Å². The summed E-state index contributed by atoms with van der Waals surface area (Å²) in [4.78, 5) is 23.3. The van der Waals surface area contributed by atoms with Crippen molar-refractivity contribution in [3.8, 4) is 5.75 Å². The zero-order chi connectivity index (χ0) is 21.3. The van der Waals surface area contributed by atoms with Gasteiger partial charge in [0.1, 0.15) is 17.4 Å². The van der Waals surface area contributed by atoms with Crippen LogP contribution in [0.5, 0.6) is 5.75 Å². The third kappa shape index (κ3) is 13.8. The van der Waals surface area contributed by atoms with Gasteiger partial charge in [0.15, 0.2) is 0 Å². The number of ether oxygens (including phenoxy) is 2. The highest BCUT2D eigenvalue weighted by molar-refractivity contribution is 5.74. The van der Waals surface area contributed by atoms with Gasteiger partial charge in [-0.3, -0.25) is 9.59 Å². The number of carbonyl (C=O) groups is 2. The highest BCUT2D eigenvalue weighted by Gasteiger charge is 2.10. The minimum absolute atomic E-state index is 0.0223. The summed E-state index contributed by atoms with van der Waals surface area (Å²) >= 11 is 0. The molecule has 4 nitrogen and oxygen atoms in total. The predicted octanol–water partition coefficient (Wildman–Crippen LogP) is 6.50. The lowest BCUT2D eigenvalue weighted by Gasteiger charge is -2.06. The van der Waals surface area contributed by atoms with Crippen LogP contribution in [0, 0.1) is 11.6 Å². The van der Waals surface area contributed by atoms with E-state index in [0.717, 1.165) is 31.4 Å². The van der Waals surface area contributed by atoms with Crippen molar-refractivity contribution in [2.75, 3.05) is 6.61 Å². The van der Waals surface area contributed by atoms with Crippen LogP contribution >= 0.6 is 0 Å². The zero-order valence-electron chi connectivity index (χ0n) is 17.5. The molecule has 1 aromatic rings. The van der Waals surface area contributed by atoms with E-state index in [9.17, 15) is 18.4 Å². The summed E-state index contributed by atoms with van der Waals surface area (Å²) < 4.78 is 36.1. The molecule has 164 valence electrons. The maximum absolute atomic E-state index is 13.0. The van der Waals surface area contributed by atoms with E-state index in [1.807, 2.05) is 0 Å². The zero-order valence-corrected chi connectivity index (χ0v) is 17.5. The van der Waals surface area contributed by atoms with Crippen LogP contribution in [0.4, 0.5) is 8.78 Å². The Morgan fingerprint density at radius 2 is 1.24 bits per heavy atom. The predicted molar refractivity (Wildman–Crippen MR) is 109 cm³/mol. The maximum Gasteiger partial charge on any atom is 0.311 e. The van der Waals surface area contributed by atoms with Crippen LogP contribution in [0.2, 0.25) is 0 Å². The lowest BCUT2D eigenvalue weighted by atomic mass is 10.1. The summed E-state index contributed by atoms with van der Waals surface area (Å²) in [5.74, 6) is -2.80. The Morgan fingerprint density at radius 3 is 1.83 bits per heavy atom. The second kappa shape index (κ2) is 15.9. The number of halogens is 2. The Labute approximate surface area is 173 Å². The van der Waals surface area contributed by atoms with Crippen LogP contribution in [0.15, 0.2) is 18.2 Å². The Hall–Kier alpha value is -1.98. The summed E-state index contributed by atoms with van der Waals surface area (Å²) in [5.41, 5.74) is 0. The molecule has 0 radical (unpaired) electrons. The van der Waals surface area contributed by atoms with Crippen molar-refractivity contribution < 1.29 is 27.8 Å². The first-order valence-electron chi connectivity index (χ1n) is 10.8. The minimum Gasteiger partial charge on any atom is -0.466 e. The van der Waals surface area contributed by atoms with Crippen molar-refractivity contribution in [3.05, 3.63) is 29.8 Å². The molecule has 0 N–H and O–H groups in total. The Bertz CT molecular complexity index is 584. The van der Waals surface area contributed by atoms with Gasteiger partial charge in [0, 0.05) is 31.0 Å². The summed E-state index contributed by atoms with van der Waals surface area (Å²) in [6, 6.07) is 2.56. The summed E-state index contributed by atoms with van der Waals surface area (Å²) in [7, 11) is 0. The van der Waals surface area contributed by atoms with Crippen molar-refractivity contribution in [2.45, 2.75) is 90.4 Å². The highest BCUT2D eigenvalue weighted by atomic mass is 19.1. The van der Waals surface area contributed by atoms with E-state index in [1.54, 1.807) is 0 Å². The van der Waals surface area contributed by atoms with Gasteiger partial charge in [-0.25, -0.2) is 8.78 Å². The molecule has 0 amide bonds. The van der Waals surface area contributed by atoms with E-state index in [4.69, 9.17) is 9.47 Å². The number of hydrogen-bond donors (Lipinski definition) is 0. The van der Waals surface area contributed by atoms with Gasteiger partial charge in [-0.15, -0.1) is 0 Å². The molecular weight excluding hydrogens is 378 g/mol. The molecular formula is C23H34F2O4. The monoisotopic (exact) mass is 412 g/mol. The van der Waals surface area contributed by atoms with E-state index in [2.05, 4.69) is 6.92 Å². The average molecular weight is 413 g/mol. The van der Waals surface area contributed by atoms with E-state index >= 15 is 0 Å². The number of carbonyl (C=O) groups excluding carboxylic acids is 2. The molecule has 0 aliphatic rings. The number of benzene rings is 1. The topological polar surface area (TPSA) is 52.6 Å². The molecule has 0 spiro atoms. The van der Waals surface area contributed by atoms with Crippen LogP contribution in [0.3, 0.4) is 0 Å². The molecule has 0 aliphatic heterocycles. The number of rotatable bonds is 16. The van der Waals surface area contributed by atoms with Crippen LogP contribution in [-0.4, -0.2) is 18.5 Å². The van der Waals surface area contributed by atoms with Crippen LogP contribution in [0.25, 0.3) is 0 Å². The SMILES string of the molecule is CCCCCCCCCCCCOC(=O)CCCC(=O)Oc1cc(F)cc(F)c1. The Morgan fingerprint density at radius 1 is 0.724 bits per heavy atom. The second-order valence-electron chi connectivity index (χ2n) is 7.34. The van der Waals surface area contributed by atoms with Crippen molar-refractivity contribution in [1.29, 1.82) is 0 Å². The molecule has 0 bridgehead atoms.